The van der Waals surface area contributed by atoms with Gasteiger partial charge in [-0.3, -0.25) is 14.5 Å². The van der Waals surface area contributed by atoms with Crippen molar-refractivity contribution in [3.8, 4) is 0 Å². The Kier molecular flexibility index (Phi) is 11.5. The van der Waals surface area contributed by atoms with E-state index in [1.165, 1.54) is 6.92 Å². The van der Waals surface area contributed by atoms with Crippen LogP contribution in [0.15, 0.2) is 12.8 Å². The van der Waals surface area contributed by atoms with E-state index in [0.29, 0.717) is 0 Å². The zero-order valence-electron chi connectivity index (χ0n) is 9.52. The zero-order chi connectivity index (χ0) is 12.3. The van der Waals surface area contributed by atoms with Gasteiger partial charge in [-0.2, -0.15) is 0 Å². The maximum atomic E-state index is 10.1. The van der Waals surface area contributed by atoms with Crippen LogP contribution >= 0.6 is 0 Å². The van der Waals surface area contributed by atoms with E-state index < -0.39 is 5.97 Å². The molecule has 0 atom stereocenters. The molecule has 0 rings (SSSR count). The van der Waals surface area contributed by atoms with Crippen molar-refractivity contribution in [2.75, 3.05) is 19.6 Å². The van der Waals surface area contributed by atoms with Gasteiger partial charge in [0.05, 0.1) is 12.8 Å². The average Bonchev–Trinajstić information content (AvgIpc) is 2.14. The Bertz CT molecular complexity index is 200. The molecular weight excluding hydrogens is 198 g/mol. The summed E-state index contributed by atoms with van der Waals surface area (Å²) in [5.74, 6) is -1.08. The lowest BCUT2D eigenvalue weighted by Crippen LogP contribution is -2.29. The zero-order valence-corrected chi connectivity index (χ0v) is 9.52. The number of esters is 1. The van der Waals surface area contributed by atoms with E-state index in [9.17, 15) is 9.59 Å². The maximum Gasteiger partial charge on any atom is 0.317 e. The number of ether oxygens (including phenoxy) is 1. The second-order valence-corrected chi connectivity index (χ2v) is 2.63. The summed E-state index contributed by atoms with van der Waals surface area (Å²) in [6.07, 6.45) is 1.10. The van der Waals surface area contributed by atoms with Gasteiger partial charge in [0.2, 0.25) is 0 Å². The first kappa shape index (κ1) is 16.1. The number of hydrogen-bond donors (Lipinski definition) is 1. The van der Waals surface area contributed by atoms with Gasteiger partial charge in [-0.15, -0.1) is 0 Å². The summed E-state index contributed by atoms with van der Waals surface area (Å²) in [7, 11) is 0. The normalized spacial score (nSPS) is 8.80. The van der Waals surface area contributed by atoms with Crippen molar-refractivity contribution in [1.82, 2.24) is 4.90 Å². The van der Waals surface area contributed by atoms with Crippen LogP contribution in [-0.2, 0) is 14.3 Å². The summed E-state index contributed by atoms with van der Waals surface area (Å²) in [5.41, 5.74) is 0. The number of aliphatic carboxylic acids is 1. The van der Waals surface area contributed by atoms with E-state index in [1.54, 1.807) is 0 Å². The van der Waals surface area contributed by atoms with E-state index in [-0.39, 0.29) is 12.5 Å². The highest BCUT2D eigenvalue weighted by Gasteiger charge is 2.02. The second kappa shape index (κ2) is 10.7. The summed E-state index contributed by atoms with van der Waals surface area (Å²) in [4.78, 5) is 21.7. The minimum Gasteiger partial charge on any atom is -0.480 e. The molecule has 0 saturated heterocycles. The van der Waals surface area contributed by atoms with Gasteiger partial charge in [0.15, 0.2) is 0 Å². The molecule has 15 heavy (non-hydrogen) atoms. The van der Waals surface area contributed by atoms with E-state index in [1.807, 2.05) is 18.7 Å². The van der Waals surface area contributed by atoms with Crippen LogP contribution in [0.3, 0.4) is 0 Å². The van der Waals surface area contributed by atoms with Gasteiger partial charge >= 0.3 is 11.9 Å². The van der Waals surface area contributed by atoms with Gasteiger partial charge in [-0.05, 0) is 13.1 Å². The van der Waals surface area contributed by atoms with E-state index in [2.05, 4.69) is 11.3 Å². The van der Waals surface area contributed by atoms with Crippen molar-refractivity contribution in [3.05, 3.63) is 12.8 Å². The minimum absolute atomic E-state index is 0.160. The topological polar surface area (TPSA) is 66.8 Å². The Balaban J connectivity index is 0. The standard InChI is InChI=1S/C6H13NO2.C4H6O2/c1-3-7(4-2)5-6(8)9;1-3-6-4(2)5/h3-5H2,1-2H3,(H,8,9);3H,1H2,2H3. The number of carboxylic acid groups (broad SMARTS) is 1. The first-order valence-corrected chi connectivity index (χ1v) is 4.70. The molecule has 0 saturated carbocycles. The highest BCUT2D eigenvalue weighted by atomic mass is 16.5. The maximum absolute atomic E-state index is 10.1. The molecule has 88 valence electrons. The molecule has 0 spiro atoms. The number of carbonyl (C=O) groups excluding carboxylic acids is 1. The van der Waals surface area contributed by atoms with Crippen molar-refractivity contribution in [3.63, 3.8) is 0 Å². The average molecular weight is 217 g/mol. The number of hydrogen-bond acceptors (Lipinski definition) is 4. The quantitative estimate of drug-likeness (QED) is 0.552. The smallest absolute Gasteiger partial charge is 0.317 e. The molecular formula is C10H19NO4. The van der Waals surface area contributed by atoms with Crippen molar-refractivity contribution >= 4 is 11.9 Å². The summed E-state index contributed by atoms with van der Waals surface area (Å²) in [6, 6.07) is 0. The first-order chi connectivity index (χ1) is 6.97. The first-order valence-electron chi connectivity index (χ1n) is 4.70. The van der Waals surface area contributed by atoms with Crippen molar-refractivity contribution in [2.24, 2.45) is 0 Å². The lowest BCUT2D eigenvalue weighted by atomic mass is 10.5. The van der Waals surface area contributed by atoms with E-state index in [0.717, 1.165) is 19.4 Å². The van der Waals surface area contributed by atoms with Gasteiger partial charge in [-0.25, -0.2) is 0 Å². The molecule has 0 radical (unpaired) electrons. The molecule has 0 amide bonds. The Morgan fingerprint density at radius 3 is 1.93 bits per heavy atom. The third-order valence-corrected chi connectivity index (χ3v) is 1.50. The SMILES string of the molecule is C=COC(C)=O.CCN(CC)CC(=O)O. The van der Waals surface area contributed by atoms with Crippen LogP contribution < -0.4 is 0 Å². The summed E-state index contributed by atoms with van der Waals surface area (Å²) >= 11 is 0. The molecule has 1 N–H and O–H groups in total. The molecule has 0 heterocycles. The number of carbonyl (C=O) groups is 2. The Morgan fingerprint density at radius 2 is 1.87 bits per heavy atom. The third-order valence-electron chi connectivity index (χ3n) is 1.50. The van der Waals surface area contributed by atoms with Crippen LogP contribution in [0.4, 0.5) is 0 Å². The lowest BCUT2D eigenvalue weighted by Gasteiger charge is -2.13. The van der Waals surface area contributed by atoms with E-state index in [4.69, 9.17) is 5.11 Å². The fraction of sp³-hybridized carbons (Fsp3) is 0.600. The van der Waals surface area contributed by atoms with Crippen molar-refractivity contribution in [2.45, 2.75) is 20.8 Å². The highest BCUT2D eigenvalue weighted by Crippen LogP contribution is 1.84. The van der Waals surface area contributed by atoms with Crippen LogP contribution in [0.25, 0.3) is 0 Å². The van der Waals surface area contributed by atoms with Gasteiger partial charge in [0.25, 0.3) is 0 Å². The summed E-state index contributed by atoms with van der Waals surface area (Å²) < 4.78 is 4.17. The van der Waals surface area contributed by atoms with Gasteiger partial charge < -0.3 is 9.84 Å². The van der Waals surface area contributed by atoms with Crippen LogP contribution in [0.2, 0.25) is 0 Å². The molecule has 5 nitrogen and oxygen atoms in total. The van der Waals surface area contributed by atoms with Gasteiger partial charge in [0, 0.05) is 6.92 Å². The van der Waals surface area contributed by atoms with Crippen LogP contribution in [-0.4, -0.2) is 41.6 Å². The van der Waals surface area contributed by atoms with Gasteiger partial charge in [-0.1, -0.05) is 20.4 Å². The highest BCUT2D eigenvalue weighted by molar-refractivity contribution is 5.69. The monoisotopic (exact) mass is 217 g/mol. The third kappa shape index (κ3) is 15.4. The molecule has 0 aliphatic rings. The molecule has 0 aliphatic carbocycles. The molecule has 0 aromatic carbocycles. The van der Waals surface area contributed by atoms with Crippen LogP contribution in [0.5, 0.6) is 0 Å². The minimum atomic E-state index is -0.751. The predicted octanol–water partition coefficient (Wildman–Crippen LogP) is 1.11. The van der Waals surface area contributed by atoms with E-state index >= 15 is 0 Å². The molecule has 0 aromatic heterocycles. The fourth-order valence-corrected chi connectivity index (χ4v) is 0.756. The van der Waals surface area contributed by atoms with Gasteiger partial charge in [0.1, 0.15) is 0 Å². The second-order valence-electron chi connectivity index (χ2n) is 2.63. The molecule has 0 aromatic rings. The number of nitrogens with zero attached hydrogens (tertiary/aromatic N) is 1. The summed E-state index contributed by atoms with van der Waals surface area (Å²) in [6.45, 7) is 10.2. The molecule has 5 heteroatoms. The Labute approximate surface area is 90.3 Å². The molecule has 0 unspecified atom stereocenters. The van der Waals surface area contributed by atoms with Crippen molar-refractivity contribution in [1.29, 1.82) is 0 Å². The lowest BCUT2D eigenvalue weighted by molar-refractivity contribution is -0.138. The van der Waals surface area contributed by atoms with Crippen LogP contribution in [0.1, 0.15) is 20.8 Å². The number of likely N-dealkylation sites (N-methyl/N-ethyl adjacent to an activating group) is 1. The molecule has 0 bridgehead atoms. The largest absolute Gasteiger partial charge is 0.480 e. The van der Waals surface area contributed by atoms with Crippen LogP contribution in [0, 0.1) is 0 Å². The Hall–Kier alpha value is -1.36. The summed E-state index contributed by atoms with van der Waals surface area (Å²) in [5, 5.41) is 8.30. The molecule has 0 fully saturated rings. The number of rotatable bonds is 5. The predicted molar refractivity (Wildman–Crippen MR) is 57.4 cm³/mol. The molecule has 0 aliphatic heterocycles. The number of carboxylic acids is 1. The fourth-order valence-electron chi connectivity index (χ4n) is 0.756. The Morgan fingerprint density at radius 1 is 1.40 bits per heavy atom. The van der Waals surface area contributed by atoms with Crippen molar-refractivity contribution < 1.29 is 19.4 Å².